The van der Waals surface area contributed by atoms with Crippen LogP contribution >= 0.6 is 34.5 Å². The van der Waals surface area contributed by atoms with E-state index in [1.54, 1.807) is 17.4 Å². The van der Waals surface area contributed by atoms with Gasteiger partial charge >= 0.3 is 0 Å². The molecule has 18 heavy (non-hydrogen) atoms. The number of rotatable bonds is 4. The molecule has 1 heterocycles. The van der Waals surface area contributed by atoms with Gasteiger partial charge in [0.25, 0.3) is 0 Å². The topological polar surface area (TPSA) is 24.9 Å². The third-order valence-electron chi connectivity index (χ3n) is 2.42. The van der Waals surface area contributed by atoms with E-state index in [0.29, 0.717) is 16.1 Å². The van der Waals surface area contributed by atoms with Gasteiger partial charge in [-0.25, -0.2) is 4.98 Å². The van der Waals surface area contributed by atoms with Crippen molar-refractivity contribution in [1.29, 1.82) is 0 Å². The molecule has 0 radical (unpaired) electrons. The van der Waals surface area contributed by atoms with E-state index < -0.39 is 0 Å². The second-order valence-corrected chi connectivity index (χ2v) is 6.17. The molecule has 2 aromatic rings. The van der Waals surface area contributed by atoms with Gasteiger partial charge in [-0.1, -0.05) is 49.2 Å². The Morgan fingerprint density at radius 3 is 2.83 bits per heavy atom. The molecule has 0 bridgehead atoms. The van der Waals surface area contributed by atoms with Crippen molar-refractivity contribution in [1.82, 2.24) is 10.3 Å². The van der Waals surface area contributed by atoms with E-state index in [1.807, 2.05) is 18.3 Å². The minimum atomic E-state index is 0.463. The van der Waals surface area contributed by atoms with Crippen molar-refractivity contribution in [3.05, 3.63) is 39.3 Å². The number of benzene rings is 1. The van der Waals surface area contributed by atoms with Crippen LogP contribution in [0.5, 0.6) is 0 Å². The fourth-order valence-electron chi connectivity index (χ4n) is 1.49. The number of nitrogens with one attached hydrogen (secondary N) is 1. The second-order valence-electron chi connectivity index (χ2n) is 4.27. The zero-order valence-electron chi connectivity index (χ0n) is 10.2. The summed E-state index contributed by atoms with van der Waals surface area (Å²) in [5.41, 5.74) is 0.893. The predicted molar refractivity (Wildman–Crippen MR) is 79.5 cm³/mol. The number of halogens is 2. The van der Waals surface area contributed by atoms with Crippen LogP contribution in [-0.4, -0.2) is 11.0 Å². The Morgan fingerprint density at radius 1 is 1.33 bits per heavy atom. The monoisotopic (exact) mass is 300 g/mol. The molecule has 0 amide bonds. The van der Waals surface area contributed by atoms with E-state index in [4.69, 9.17) is 23.2 Å². The minimum absolute atomic E-state index is 0.463. The van der Waals surface area contributed by atoms with Gasteiger partial charge in [-0.15, -0.1) is 11.3 Å². The maximum atomic E-state index is 6.18. The molecule has 0 aliphatic heterocycles. The number of hydrogen-bond acceptors (Lipinski definition) is 3. The van der Waals surface area contributed by atoms with Crippen molar-refractivity contribution >= 4 is 34.5 Å². The first-order valence-electron chi connectivity index (χ1n) is 5.70. The van der Waals surface area contributed by atoms with Crippen LogP contribution in [0.25, 0.3) is 10.6 Å². The van der Waals surface area contributed by atoms with Crippen molar-refractivity contribution in [2.75, 3.05) is 0 Å². The number of hydrogen-bond donors (Lipinski definition) is 1. The molecule has 0 aliphatic rings. The van der Waals surface area contributed by atoms with Gasteiger partial charge in [-0.3, -0.25) is 0 Å². The summed E-state index contributed by atoms with van der Waals surface area (Å²) in [6.45, 7) is 5.07. The largest absolute Gasteiger partial charge is 0.310 e. The Morgan fingerprint density at radius 2 is 2.11 bits per heavy atom. The van der Waals surface area contributed by atoms with E-state index >= 15 is 0 Å². The summed E-state index contributed by atoms with van der Waals surface area (Å²) >= 11 is 13.8. The SMILES string of the molecule is CC(C)NCc1cnc(-c2cccc(Cl)c2Cl)s1. The molecule has 0 aliphatic carbocycles. The molecule has 0 saturated carbocycles. The van der Waals surface area contributed by atoms with E-state index in [2.05, 4.69) is 24.1 Å². The lowest BCUT2D eigenvalue weighted by Crippen LogP contribution is -2.21. The van der Waals surface area contributed by atoms with Crippen LogP contribution in [0.1, 0.15) is 18.7 Å². The summed E-state index contributed by atoms with van der Waals surface area (Å²) in [4.78, 5) is 5.59. The number of thiazole rings is 1. The first-order chi connectivity index (χ1) is 8.58. The average molecular weight is 301 g/mol. The third-order valence-corrected chi connectivity index (χ3v) is 4.27. The van der Waals surface area contributed by atoms with Crippen molar-refractivity contribution in [3.8, 4) is 10.6 Å². The van der Waals surface area contributed by atoms with Crippen LogP contribution in [-0.2, 0) is 6.54 Å². The fraction of sp³-hybridized carbons (Fsp3) is 0.308. The Hall–Kier alpha value is -0.610. The summed E-state index contributed by atoms with van der Waals surface area (Å²) in [6.07, 6.45) is 1.88. The van der Waals surface area contributed by atoms with Gasteiger partial charge in [0.2, 0.25) is 0 Å². The minimum Gasteiger partial charge on any atom is -0.310 e. The highest BCUT2D eigenvalue weighted by atomic mass is 35.5. The van der Waals surface area contributed by atoms with Gasteiger partial charge in [0.1, 0.15) is 5.01 Å². The number of aromatic nitrogens is 1. The van der Waals surface area contributed by atoms with Crippen LogP contribution in [0, 0.1) is 0 Å². The second kappa shape index (κ2) is 6.02. The van der Waals surface area contributed by atoms with Gasteiger partial charge in [0, 0.05) is 29.2 Å². The molecule has 2 nitrogen and oxygen atoms in total. The Kier molecular flexibility index (Phi) is 4.62. The van der Waals surface area contributed by atoms with Crippen LogP contribution in [0.2, 0.25) is 10.0 Å². The molecule has 96 valence electrons. The first-order valence-corrected chi connectivity index (χ1v) is 7.27. The summed E-state index contributed by atoms with van der Waals surface area (Å²) in [5, 5.41) is 5.40. The summed E-state index contributed by atoms with van der Waals surface area (Å²) < 4.78 is 0. The molecule has 0 spiro atoms. The van der Waals surface area contributed by atoms with Crippen molar-refractivity contribution < 1.29 is 0 Å². The fourth-order valence-corrected chi connectivity index (χ4v) is 2.83. The zero-order valence-corrected chi connectivity index (χ0v) is 12.5. The molecule has 1 aromatic carbocycles. The standard InChI is InChI=1S/C13H14Cl2N2S/c1-8(2)16-6-9-7-17-13(18-9)10-4-3-5-11(14)12(10)15/h3-5,7-8,16H,6H2,1-2H3. The lowest BCUT2D eigenvalue weighted by molar-refractivity contribution is 0.593. The van der Waals surface area contributed by atoms with Crippen molar-refractivity contribution in [3.63, 3.8) is 0 Å². The zero-order chi connectivity index (χ0) is 13.1. The predicted octanol–water partition coefficient (Wildman–Crippen LogP) is 4.61. The van der Waals surface area contributed by atoms with Crippen LogP contribution in [0.3, 0.4) is 0 Å². The molecule has 0 unspecified atom stereocenters. The number of nitrogens with zero attached hydrogens (tertiary/aromatic N) is 1. The van der Waals surface area contributed by atoms with Crippen LogP contribution < -0.4 is 5.32 Å². The van der Waals surface area contributed by atoms with E-state index in [0.717, 1.165) is 17.1 Å². The Labute approximate surface area is 121 Å². The summed E-state index contributed by atoms with van der Waals surface area (Å²) in [6, 6.07) is 6.07. The molecule has 2 rings (SSSR count). The van der Waals surface area contributed by atoms with Gasteiger partial charge in [0.15, 0.2) is 0 Å². The molecule has 1 N–H and O–H groups in total. The smallest absolute Gasteiger partial charge is 0.125 e. The summed E-state index contributed by atoms with van der Waals surface area (Å²) in [5.74, 6) is 0. The van der Waals surface area contributed by atoms with Gasteiger partial charge < -0.3 is 5.32 Å². The quantitative estimate of drug-likeness (QED) is 0.891. The van der Waals surface area contributed by atoms with Crippen LogP contribution in [0.15, 0.2) is 24.4 Å². The summed E-state index contributed by atoms with van der Waals surface area (Å²) in [7, 11) is 0. The molecule has 0 atom stereocenters. The van der Waals surface area contributed by atoms with E-state index in [9.17, 15) is 0 Å². The first kappa shape index (κ1) is 13.8. The molecular formula is C13H14Cl2N2S. The molecule has 0 fully saturated rings. The van der Waals surface area contributed by atoms with Gasteiger partial charge in [-0.2, -0.15) is 0 Å². The lowest BCUT2D eigenvalue weighted by Gasteiger charge is -2.05. The average Bonchev–Trinajstić information content (AvgIpc) is 2.78. The van der Waals surface area contributed by atoms with Crippen molar-refractivity contribution in [2.24, 2.45) is 0 Å². The van der Waals surface area contributed by atoms with Crippen LogP contribution in [0.4, 0.5) is 0 Å². The Balaban J connectivity index is 2.21. The lowest BCUT2D eigenvalue weighted by atomic mass is 10.2. The van der Waals surface area contributed by atoms with E-state index in [1.165, 1.54) is 4.88 Å². The molecular weight excluding hydrogens is 287 g/mol. The maximum Gasteiger partial charge on any atom is 0.125 e. The molecule has 5 heteroatoms. The van der Waals surface area contributed by atoms with Gasteiger partial charge in [-0.05, 0) is 6.07 Å². The Bertz CT molecular complexity index is 538. The van der Waals surface area contributed by atoms with E-state index in [-0.39, 0.29) is 0 Å². The molecule has 0 saturated heterocycles. The van der Waals surface area contributed by atoms with Gasteiger partial charge in [0.05, 0.1) is 10.0 Å². The maximum absolute atomic E-state index is 6.18. The molecule has 1 aromatic heterocycles. The highest BCUT2D eigenvalue weighted by Gasteiger charge is 2.10. The van der Waals surface area contributed by atoms with Crippen molar-refractivity contribution in [2.45, 2.75) is 26.4 Å². The normalized spacial score (nSPS) is 11.2. The highest BCUT2D eigenvalue weighted by Crippen LogP contribution is 2.35. The third kappa shape index (κ3) is 3.23. The highest BCUT2D eigenvalue weighted by molar-refractivity contribution is 7.15.